The van der Waals surface area contributed by atoms with Crippen LogP contribution < -0.4 is 10.6 Å². The molecule has 0 saturated carbocycles. The van der Waals surface area contributed by atoms with Crippen molar-refractivity contribution in [2.45, 2.75) is 31.2 Å². The van der Waals surface area contributed by atoms with Gasteiger partial charge in [0.2, 0.25) is 5.91 Å². The van der Waals surface area contributed by atoms with Crippen molar-refractivity contribution in [2.24, 2.45) is 0 Å². The number of carbonyl (C=O) groups is 3. The number of hydrogen-bond donors (Lipinski definition) is 2. The number of carbonyl (C=O) groups excluding carboxylic acids is 3. The molecule has 4 aromatic rings. The number of amides is 3. The number of imidazole rings is 1. The minimum Gasteiger partial charge on any atom is -0.373 e. The second-order valence-electron chi connectivity index (χ2n) is 10.9. The van der Waals surface area contributed by atoms with Crippen molar-refractivity contribution < 1.29 is 41.1 Å². The summed E-state index contributed by atoms with van der Waals surface area (Å²) < 4.78 is 79.4. The lowest BCUT2D eigenvalue weighted by molar-refractivity contribution is -0.145. The van der Waals surface area contributed by atoms with Gasteiger partial charge >= 0.3 is 6.18 Å². The standard InChI is InChI=1S/C29H23F5N6O4/c30-28(31)13-38(7-8-44-14-28)27(43)18-12-40-20(29(32,33)34)9-17-16(5-4-15(10-35-18)24(17)40)22-23(26(42)37-25(22)41)19-11-36-21-3-1-2-6-39(19)21/h1-6,9,11,18,35H,7-8,10,12-14H2,(H,37,41,42). The van der Waals surface area contributed by atoms with Gasteiger partial charge < -0.3 is 19.5 Å². The van der Waals surface area contributed by atoms with E-state index in [1.54, 1.807) is 28.8 Å². The molecule has 3 aliphatic heterocycles. The summed E-state index contributed by atoms with van der Waals surface area (Å²) in [6.45, 7) is -2.62. The van der Waals surface area contributed by atoms with Gasteiger partial charge in [0.05, 0.1) is 41.7 Å². The molecular formula is C29H23F5N6O4. The van der Waals surface area contributed by atoms with Crippen LogP contribution in [0.2, 0.25) is 0 Å². The van der Waals surface area contributed by atoms with Crippen LogP contribution in [-0.2, 0) is 38.4 Å². The van der Waals surface area contributed by atoms with E-state index in [1.807, 2.05) is 0 Å². The number of alkyl halides is 5. The molecule has 0 radical (unpaired) electrons. The van der Waals surface area contributed by atoms with E-state index in [4.69, 9.17) is 4.74 Å². The molecule has 7 rings (SSSR count). The van der Waals surface area contributed by atoms with Crippen molar-refractivity contribution in [3.63, 3.8) is 0 Å². The molecule has 1 saturated heterocycles. The highest BCUT2D eigenvalue weighted by Gasteiger charge is 2.42. The van der Waals surface area contributed by atoms with Crippen molar-refractivity contribution in [2.75, 3.05) is 26.3 Å². The number of ether oxygens (including phenoxy) is 1. The Hall–Kier alpha value is -4.63. The third kappa shape index (κ3) is 4.54. The van der Waals surface area contributed by atoms with Crippen LogP contribution in [0.5, 0.6) is 0 Å². The van der Waals surface area contributed by atoms with Crippen molar-refractivity contribution in [3.05, 3.63) is 71.3 Å². The Bertz CT molecular complexity index is 1910. The largest absolute Gasteiger partial charge is 0.431 e. The van der Waals surface area contributed by atoms with Gasteiger partial charge in [-0.25, -0.2) is 13.8 Å². The fourth-order valence-corrected chi connectivity index (χ4v) is 6.17. The molecule has 2 N–H and O–H groups in total. The van der Waals surface area contributed by atoms with Gasteiger partial charge in [0.15, 0.2) is 0 Å². The summed E-state index contributed by atoms with van der Waals surface area (Å²) in [5, 5.41) is 5.23. The first-order chi connectivity index (χ1) is 20.9. The first kappa shape index (κ1) is 28.2. The molecule has 0 bridgehead atoms. The molecule has 1 fully saturated rings. The molecule has 228 valence electrons. The van der Waals surface area contributed by atoms with Crippen LogP contribution in [0, 0.1) is 0 Å². The first-order valence-corrected chi connectivity index (χ1v) is 13.7. The Morgan fingerprint density at radius 1 is 1.09 bits per heavy atom. The maximum Gasteiger partial charge on any atom is 0.431 e. The highest BCUT2D eigenvalue weighted by Crippen LogP contribution is 2.42. The zero-order chi connectivity index (χ0) is 31.0. The van der Waals surface area contributed by atoms with E-state index >= 15 is 0 Å². The first-order valence-electron chi connectivity index (χ1n) is 13.7. The number of halogens is 5. The van der Waals surface area contributed by atoms with Crippen LogP contribution in [0.1, 0.15) is 22.5 Å². The number of nitrogens with one attached hydrogen (secondary N) is 2. The van der Waals surface area contributed by atoms with Crippen molar-refractivity contribution in [3.8, 4) is 0 Å². The summed E-state index contributed by atoms with van der Waals surface area (Å²) in [6.07, 6.45) is -1.82. The molecule has 3 aromatic heterocycles. The van der Waals surface area contributed by atoms with Gasteiger partial charge in [0.1, 0.15) is 24.0 Å². The molecule has 1 atom stereocenters. The Labute approximate surface area is 245 Å². The quantitative estimate of drug-likeness (QED) is 0.272. The predicted octanol–water partition coefficient (Wildman–Crippen LogP) is 2.84. The fourth-order valence-electron chi connectivity index (χ4n) is 6.17. The van der Waals surface area contributed by atoms with Gasteiger partial charge in [0.25, 0.3) is 17.7 Å². The predicted molar refractivity (Wildman–Crippen MR) is 145 cm³/mol. The molecule has 10 nitrogen and oxygen atoms in total. The van der Waals surface area contributed by atoms with E-state index in [1.165, 1.54) is 18.3 Å². The van der Waals surface area contributed by atoms with Crippen LogP contribution in [0.4, 0.5) is 22.0 Å². The normalized spacial score (nSPS) is 20.8. The third-order valence-electron chi connectivity index (χ3n) is 8.06. The number of rotatable bonds is 3. The summed E-state index contributed by atoms with van der Waals surface area (Å²) >= 11 is 0. The van der Waals surface area contributed by atoms with Gasteiger partial charge in [-0.1, -0.05) is 18.2 Å². The number of pyridine rings is 1. The highest BCUT2D eigenvalue weighted by atomic mass is 19.4. The van der Waals surface area contributed by atoms with Crippen LogP contribution in [0.25, 0.3) is 27.7 Å². The molecule has 44 heavy (non-hydrogen) atoms. The van der Waals surface area contributed by atoms with E-state index < -0.39 is 61.3 Å². The van der Waals surface area contributed by atoms with E-state index in [9.17, 15) is 36.3 Å². The minimum atomic E-state index is -4.87. The van der Waals surface area contributed by atoms with Crippen molar-refractivity contribution in [1.82, 2.24) is 29.5 Å². The maximum atomic E-state index is 14.5. The topological polar surface area (TPSA) is 110 Å². The van der Waals surface area contributed by atoms with Crippen molar-refractivity contribution >= 4 is 45.4 Å². The van der Waals surface area contributed by atoms with Crippen LogP contribution in [-0.4, -0.2) is 74.8 Å². The lowest BCUT2D eigenvalue weighted by Crippen LogP contribution is -2.51. The van der Waals surface area contributed by atoms with Crippen LogP contribution in [0.15, 0.2) is 48.8 Å². The van der Waals surface area contributed by atoms with Gasteiger partial charge in [-0.15, -0.1) is 0 Å². The van der Waals surface area contributed by atoms with E-state index in [2.05, 4.69) is 15.6 Å². The number of aromatic nitrogens is 3. The van der Waals surface area contributed by atoms with E-state index in [0.717, 1.165) is 15.5 Å². The average molecular weight is 615 g/mol. The summed E-state index contributed by atoms with van der Waals surface area (Å²) in [7, 11) is 0. The number of imide groups is 1. The molecule has 15 heteroatoms. The summed E-state index contributed by atoms with van der Waals surface area (Å²) in [4.78, 5) is 44.9. The zero-order valence-corrected chi connectivity index (χ0v) is 22.8. The van der Waals surface area contributed by atoms with Gasteiger partial charge in [-0.2, -0.15) is 13.2 Å². The third-order valence-corrected chi connectivity index (χ3v) is 8.06. The smallest absolute Gasteiger partial charge is 0.373 e. The van der Waals surface area contributed by atoms with E-state index in [-0.39, 0.29) is 53.0 Å². The summed E-state index contributed by atoms with van der Waals surface area (Å²) in [5.41, 5.74) is 0.111. The number of fused-ring (bicyclic) bond motifs is 1. The molecule has 1 aromatic carbocycles. The number of hydrogen-bond acceptors (Lipinski definition) is 6. The summed E-state index contributed by atoms with van der Waals surface area (Å²) in [6, 6.07) is 7.76. The Morgan fingerprint density at radius 2 is 1.89 bits per heavy atom. The number of nitrogens with zero attached hydrogens (tertiary/aromatic N) is 4. The molecular weight excluding hydrogens is 591 g/mol. The molecule has 0 spiro atoms. The monoisotopic (exact) mass is 614 g/mol. The Kier molecular flexibility index (Phi) is 6.37. The molecule has 6 heterocycles. The number of benzene rings is 1. The molecule has 3 aliphatic rings. The zero-order valence-electron chi connectivity index (χ0n) is 22.8. The lowest BCUT2D eigenvalue weighted by atomic mass is 9.95. The summed E-state index contributed by atoms with van der Waals surface area (Å²) in [5.74, 6) is -5.59. The molecule has 0 aliphatic carbocycles. The fraction of sp³-hybridized carbons (Fsp3) is 0.310. The Morgan fingerprint density at radius 3 is 2.68 bits per heavy atom. The van der Waals surface area contributed by atoms with Crippen LogP contribution in [0.3, 0.4) is 0 Å². The van der Waals surface area contributed by atoms with Crippen molar-refractivity contribution in [1.29, 1.82) is 0 Å². The molecule has 1 unspecified atom stereocenters. The Balaban J connectivity index is 1.38. The van der Waals surface area contributed by atoms with Crippen LogP contribution >= 0.6 is 0 Å². The minimum absolute atomic E-state index is 0.0468. The van der Waals surface area contributed by atoms with Gasteiger partial charge in [-0.3, -0.25) is 24.1 Å². The van der Waals surface area contributed by atoms with Gasteiger partial charge in [0, 0.05) is 31.2 Å². The SMILES string of the molecule is O=C1NC(=O)C(c2cnc3ccccn23)=C1c1ccc2c3c1cc(C(F)(F)F)n3CC(C(=O)N1CCOCC(F)(F)C1)NC2. The average Bonchev–Trinajstić information content (AvgIpc) is 3.55. The maximum absolute atomic E-state index is 14.5. The lowest BCUT2D eigenvalue weighted by Gasteiger charge is -2.28. The van der Waals surface area contributed by atoms with Gasteiger partial charge in [-0.05, 0) is 29.3 Å². The van der Waals surface area contributed by atoms with E-state index in [0.29, 0.717) is 11.2 Å². The second kappa shape index (κ2) is 9.95. The highest BCUT2D eigenvalue weighted by molar-refractivity contribution is 6.49. The second-order valence-corrected chi connectivity index (χ2v) is 10.9. The molecule has 3 amide bonds.